The molecule has 2 fully saturated rings. The number of carbonyl (C=O) groups is 1. The molecular formula is C18H17ClN2O2. The van der Waals surface area contributed by atoms with Crippen LogP contribution in [0.2, 0.25) is 5.02 Å². The first-order valence-electron chi connectivity index (χ1n) is 7.75. The summed E-state index contributed by atoms with van der Waals surface area (Å²) in [6.07, 6.45) is 1.55. The fraction of sp³-hybridized carbons (Fsp3) is 0.278. The Morgan fingerprint density at radius 2 is 1.87 bits per heavy atom. The van der Waals surface area contributed by atoms with Crippen molar-refractivity contribution >= 4 is 23.2 Å². The molecule has 2 aromatic carbocycles. The molecule has 23 heavy (non-hydrogen) atoms. The number of anilines is 1. The molecule has 2 unspecified atom stereocenters. The van der Waals surface area contributed by atoms with E-state index < -0.39 is 0 Å². The van der Waals surface area contributed by atoms with E-state index in [0.717, 1.165) is 24.2 Å². The Morgan fingerprint density at radius 1 is 1.13 bits per heavy atom. The molecule has 4 rings (SSSR count). The fourth-order valence-corrected chi connectivity index (χ4v) is 3.37. The third-order valence-corrected chi connectivity index (χ3v) is 4.68. The standard InChI is InChI=1S/C18H17ClN2O2/c19-13-5-1-12(2-6-13)18(22)21-14-7-3-11(4-8-14)17-16-9-15(23-17)10-20-16/h1-8,15-17,20H,9-10H2,(H,21,22)/t15?,16-,17?/m0/s1. The van der Waals surface area contributed by atoms with E-state index in [1.54, 1.807) is 24.3 Å². The van der Waals surface area contributed by atoms with Gasteiger partial charge in [-0.3, -0.25) is 4.79 Å². The fourth-order valence-electron chi connectivity index (χ4n) is 3.24. The molecule has 2 aliphatic rings. The van der Waals surface area contributed by atoms with E-state index in [1.165, 1.54) is 0 Å². The number of hydrogen-bond donors (Lipinski definition) is 2. The van der Waals surface area contributed by atoms with Crippen molar-refractivity contribution in [2.45, 2.75) is 24.7 Å². The van der Waals surface area contributed by atoms with Crippen molar-refractivity contribution in [3.8, 4) is 0 Å². The van der Waals surface area contributed by atoms with Crippen molar-refractivity contribution in [1.82, 2.24) is 5.32 Å². The van der Waals surface area contributed by atoms with Gasteiger partial charge in [0.25, 0.3) is 5.91 Å². The number of ether oxygens (including phenoxy) is 1. The van der Waals surface area contributed by atoms with Gasteiger partial charge in [0.2, 0.25) is 0 Å². The van der Waals surface area contributed by atoms with E-state index in [-0.39, 0.29) is 12.0 Å². The van der Waals surface area contributed by atoms with E-state index in [0.29, 0.717) is 22.7 Å². The summed E-state index contributed by atoms with van der Waals surface area (Å²) < 4.78 is 5.99. The highest BCUT2D eigenvalue weighted by Crippen LogP contribution is 2.37. The molecule has 2 aliphatic heterocycles. The van der Waals surface area contributed by atoms with Gasteiger partial charge in [0.1, 0.15) is 0 Å². The first-order chi connectivity index (χ1) is 11.2. The van der Waals surface area contributed by atoms with E-state index in [9.17, 15) is 4.79 Å². The van der Waals surface area contributed by atoms with Crippen molar-refractivity contribution in [2.24, 2.45) is 0 Å². The number of halogens is 1. The summed E-state index contributed by atoms with van der Waals surface area (Å²) in [6.45, 7) is 0.955. The third kappa shape index (κ3) is 2.98. The maximum atomic E-state index is 12.2. The minimum atomic E-state index is -0.146. The molecule has 2 heterocycles. The van der Waals surface area contributed by atoms with Gasteiger partial charge in [-0.1, -0.05) is 23.7 Å². The van der Waals surface area contributed by atoms with Crippen LogP contribution in [0.5, 0.6) is 0 Å². The molecule has 0 spiro atoms. The van der Waals surface area contributed by atoms with E-state index in [2.05, 4.69) is 10.6 Å². The molecule has 2 aromatic rings. The van der Waals surface area contributed by atoms with Crippen LogP contribution < -0.4 is 10.6 Å². The Bertz CT molecular complexity index is 715. The second-order valence-electron chi connectivity index (χ2n) is 6.01. The number of hydrogen-bond acceptors (Lipinski definition) is 3. The largest absolute Gasteiger partial charge is 0.367 e. The Morgan fingerprint density at radius 3 is 2.48 bits per heavy atom. The number of amides is 1. The number of rotatable bonds is 3. The van der Waals surface area contributed by atoms with Crippen molar-refractivity contribution in [2.75, 3.05) is 11.9 Å². The summed E-state index contributed by atoms with van der Waals surface area (Å²) in [6, 6.07) is 15.1. The van der Waals surface area contributed by atoms with Gasteiger partial charge in [0, 0.05) is 28.9 Å². The SMILES string of the molecule is O=C(Nc1ccc(C2OC3CN[C@H]2C3)cc1)c1ccc(Cl)cc1. The molecule has 3 atom stereocenters. The third-order valence-electron chi connectivity index (χ3n) is 4.43. The average Bonchev–Trinajstić information content (AvgIpc) is 3.19. The zero-order chi connectivity index (χ0) is 15.8. The van der Waals surface area contributed by atoms with Gasteiger partial charge in [-0.15, -0.1) is 0 Å². The first kappa shape index (κ1) is 14.7. The molecule has 0 radical (unpaired) electrons. The molecule has 0 saturated carbocycles. The van der Waals surface area contributed by atoms with Crippen LogP contribution in [0, 0.1) is 0 Å². The Kier molecular flexibility index (Phi) is 3.81. The topological polar surface area (TPSA) is 50.4 Å². The van der Waals surface area contributed by atoms with Crippen LogP contribution in [-0.4, -0.2) is 24.6 Å². The Balaban J connectivity index is 1.44. The van der Waals surface area contributed by atoms with Crippen molar-refractivity contribution in [1.29, 1.82) is 0 Å². The number of carbonyl (C=O) groups excluding carboxylic acids is 1. The van der Waals surface area contributed by atoms with Crippen LogP contribution in [-0.2, 0) is 4.74 Å². The molecule has 2 bridgehead atoms. The summed E-state index contributed by atoms with van der Waals surface area (Å²) in [5.74, 6) is -0.146. The zero-order valence-electron chi connectivity index (χ0n) is 12.5. The highest BCUT2D eigenvalue weighted by molar-refractivity contribution is 6.30. The highest BCUT2D eigenvalue weighted by Gasteiger charge is 2.41. The predicted molar refractivity (Wildman–Crippen MR) is 89.9 cm³/mol. The maximum Gasteiger partial charge on any atom is 0.255 e. The molecule has 4 nitrogen and oxygen atoms in total. The first-order valence-corrected chi connectivity index (χ1v) is 8.12. The highest BCUT2D eigenvalue weighted by atomic mass is 35.5. The van der Waals surface area contributed by atoms with Crippen molar-refractivity contribution in [3.63, 3.8) is 0 Å². The smallest absolute Gasteiger partial charge is 0.255 e. The lowest BCUT2D eigenvalue weighted by Gasteiger charge is -2.23. The lowest BCUT2D eigenvalue weighted by Crippen LogP contribution is -2.33. The molecule has 0 aliphatic carbocycles. The molecule has 1 amide bonds. The summed E-state index contributed by atoms with van der Waals surface area (Å²) in [4.78, 5) is 12.2. The van der Waals surface area contributed by atoms with Gasteiger partial charge < -0.3 is 15.4 Å². The van der Waals surface area contributed by atoms with E-state index >= 15 is 0 Å². The number of nitrogens with one attached hydrogen (secondary N) is 2. The average molecular weight is 329 g/mol. The lowest BCUT2D eigenvalue weighted by atomic mass is 10.0. The van der Waals surface area contributed by atoms with Crippen LogP contribution in [0.4, 0.5) is 5.69 Å². The number of benzene rings is 2. The van der Waals surface area contributed by atoms with Crippen LogP contribution in [0.15, 0.2) is 48.5 Å². The number of fused-ring (bicyclic) bond motifs is 2. The van der Waals surface area contributed by atoms with Gasteiger partial charge in [-0.2, -0.15) is 0 Å². The molecular weight excluding hydrogens is 312 g/mol. The van der Waals surface area contributed by atoms with Crippen LogP contribution >= 0.6 is 11.6 Å². The minimum absolute atomic E-state index is 0.120. The summed E-state index contributed by atoms with van der Waals surface area (Å²) in [5.41, 5.74) is 2.50. The summed E-state index contributed by atoms with van der Waals surface area (Å²) >= 11 is 5.83. The summed E-state index contributed by atoms with van der Waals surface area (Å²) in [7, 11) is 0. The van der Waals surface area contributed by atoms with Crippen molar-refractivity contribution < 1.29 is 9.53 Å². The molecule has 2 saturated heterocycles. The van der Waals surface area contributed by atoms with E-state index in [1.807, 2.05) is 24.3 Å². The lowest BCUT2D eigenvalue weighted by molar-refractivity contribution is 0.0160. The molecule has 5 heteroatoms. The quantitative estimate of drug-likeness (QED) is 0.908. The zero-order valence-corrected chi connectivity index (χ0v) is 13.2. The predicted octanol–water partition coefficient (Wildman–Crippen LogP) is 3.39. The van der Waals surface area contributed by atoms with E-state index in [4.69, 9.17) is 16.3 Å². The van der Waals surface area contributed by atoms with Crippen LogP contribution in [0.3, 0.4) is 0 Å². The maximum absolute atomic E-state index is 12.2. The molecule has 0 aromatic heterocycles. The van der Waals surface area contributed by atoms with Gasteiger partial charge in [0.05, 0.1) is 12.2 Å². The number of morpholine rings is 1. The van der Waals surface area contributed by atoms with Crippen molar-refractivity contribution in [3.05, 3.63) is 64.7 Å². The van der Waals surface area contributed by atoms with Gasteiger partial charge in [-0.25, -0.2) is 0 Å². The van der Waals surface area contributed by atoms with Crippen LogP contribution in [0.1, 0.15) is 28.4 Å². The summed E-state index contributed by atoms with van der Waals surface area (Å²) in [5, 5.41) is 6.98. The molecule has 118 valence electrons. The van der Waals surface area contributed by atoms with Gasteiger partial charge in [-0.05, 0) is 48.4 Å². The second-order valence-corrected chi connectivity index (χ2v) is 6.45. The monoisotopic (exact) mass is 328 g/mol. The second kappa shape index (κ2) is 5.96. The Hall–Kier alpha value is -1.88. The van der Waals surface area contributed by atoms with Gasteiger partial charge >= 0.3 is 0 Å². The normalized spacial score (nSPS) is 25.5. The van der Waals surface area contributed by atoms with Crippen LogP contribution in [0.25, 0.3) is 0 Å². The van der Waals surface area contributed by atoms with Gasteiger partial charge in [0.15, 0.2) is 0 Å². The Labute approximate surface area is 139 Å². The minimum Gasteiger partial charge on any atom is -0.367 e. The molecule has 2 N–H and O–H groups in total.